The van der Waals surface area contributed by atoms with Crippen LogP contribution < -0.4 is 14.8 Å². The maximum atomic E-state index is 13.6. The van der Waals surface area contributed by atoms with E-state index in [0.717, 1.165) is 56.6 Å². The van der Waals surface area contributed by atoms with Crippen LogP contribution in [0.1, 0.15) is 36.8 Å². The average molecular weight is 501 g/mol. The molecule has 6 nitrogen and oxygen atoms in total. The summed E-state index contributed by atoms with van der Waals surface area (Å²) in [5, 5.41) is 3.41. The second-order valence-corrected chi connectivity index (χ2v) is 9.98. The van der Waals surface area contributed by atoms with Crippen molar-refractivity contribution in [3.63, 3.8) is 0 Å². The third kappa shape index (κ3) is 5.97. The van der Waals surface area contributed by atoms with E-state index in [-0.39, 0.29) is 11.9 Å². The topological polar surface area (TPSA) is 60.0 Å². The first kappa shape index (κ1) is 25.3. The molecule has 0 aromatic heterocycles. The van der Waals surface area contributed by atoms with Gasteiger partial charge in [-0.1, -0.05) is 54.6 Å². The number of piperidine rings is 1. The van der Waals surface area contributed by atoms with Crippen molar-refractivity contribution in [3.8, 4) is 17.2 Å². The minimum atomic E-state index is -0.488. The van der Waals surface area contributed by atoms with Gasteiger partial charge in [-0.3, -0.25) is 9.69 Å². The van der Waals surface area contributed by atoms with Crippen LogP contribution >= 0.6 is 0 Å². The molecule has 3 aromatic rings. The van der Waals surface area contributed by atoms with Gasteiger partial charge in [0.1, 0.15) is 5.75 Å². The molecule has 2 saturated heterocycles. The molecule has 1 amide bonds. The molecule has 6 heteroatoms. The van der Waals surface area contributed by atoms with Crippen LogP contribution in [0.3, 0.4) is 0 Å². The van der Waals surface area contributed by atoms with E-state index in [4.69, 9.17) is 14.2 Å². The number of para-hydroxylation sites is 2. The number of carbonyl (C=O) groups excluding carboxylic acids is 1. The lowest BCUT2D eigenvalue weighted by Gasteiger charge is -2.39. The highest BCUT2D eigenvalue weighted by Gasteiger charge is 2.42. The molecule has 2 aliphatic heterocycles. The molecule has 0 radical (unpaired) electrons. The van der Waals surface area contributed by atoms with Gasteiger partial charge in [-0.2, -0.15) is 0 Å². The Kier molecular flexibility index (Phi) is 8.07. The minimum absolute atomic E-state index is 0.154. The Balaban J connectivity index is 1.16. The summed E-state index contributed by atoms with van der Waals surface area (Å²) in [6.45, 7) is 4.00. The molecule has 2 heterocycles. The van der Waals surface area contributed by atoms with E-state index in [0.29, 0.717) is 24.7 Å². The van der Waals surface area contributed by atoms with E-state index in [1.807, 2.05) is 54.6 Å². The SMILES string of the molecule is COc1ccccc1Oc1cccc(CN2CCC(NC(=O)C3(c4ccccc4)CCOCC3)CC2)c1. The number of likely N-dealkylation sites (tertiary alicyclic amines) is 1. The summed E-state index contributed by atoms with van der Waals surface area (Å²) in [4.78, 5) is 16.0. The van der Waals surface area contributed by atoms with Gasteiger partial charge in [-0.15, -0.1) is 0 Å². The number of ether oxygens (including phenoxy) is 3. The third-order valence-electron chi connectivity index (χ3n) is 7.63. The molecule has 0 aliphatic carbocycles. The molecule has 0 unspecified atom stereocenters. The summed E-state index contributed by atoms with van der Waals surface area (Å²) in [6, 6.07) is 26.3. The lowest BCUT2D eigenvalue weighted by molar-refractivity contribution is -0.131. The van der Waals surface area contributed by atoms with E-state index >= 15 is 0 Å². The number of hydrogen-bond acceptors (Lipinski definition) is 5. The zero-order chi connectivity index (χ0) is 25.5. The molecule has 2 aliphatic rings. The molecule has 37 heavy (non-hydrogen) atoms. The molecule has 0 atom stereocenters. The fourth-order valence-corrected chi connectivity index (χ4v) is 5.48. The molecule has 5 rings (SSSR count). The third-order valence-corrected chi connectivity index (χ3v) is 7.63. The Bertz CT molecular complexity index is 1170. The van der Waals surface area contributed by atoms with Gasteiger partial charge < -0.3 is 19.5 Å². The smallest absolute Gasteiger partial charge is 0.231 e. The highest BCUT2D eigenvalue weighted by molar-refractivity contribution is 5.88. The van der Waals surface area contributed by atoms with Crippen LogP contribution in [0.4, 0.5) is 0 Å². The van der Waals surface area contributed by atoms with Crippen molar-refractivity contribution in [3.05, 3.63) is 90.0 Å². The first-order chi connectivity index (χ1) is 18.2. The molecule has 1 N–H and O–H groups in total. The van der Waals surface area contributed by atoms with Crippen molar-refractivity contribution in [1.82, 2.24) is 10.2 Å². The van der Waals surface area contributed by atoms with Crippen LogP contribution in [0.5, 0.6) is 17.2 Å². The van der Waals surface area contributed by atoms with Crippen molar-refractivity contribution in [2.24, 2.45) is 0 Å². The van der Waals surface area contributed by atoms with E-state index < -0.39 is 5.41 Å². The predicted octanol–water partition coefficient (Wildman–Crippen LogP) is 5.32. The number of nitrogens with one attached hydrogen (secondary N) is 1. The molecular formula is C31H36N2O4. The van der Waals surface area contributed by atoms with Crippen molar-refractivity contribution in [2.45, 2.75) is 43.7 Å². The first-order valence-electron chi connectivity index (χ1n) is 13.2. The van der Waals surface area contributed by atoms with Crippen LogP contribution in [-0.4, -0.2) is 50.3 Å². The summed E-state index contributed by atoms with van der Waals surface area (Å²) >= 11 is 0. The van der Waals surface area contributed by atoms with E-state index in [2.05, 4.69) is 34.5 Å². The Hall–Kier alpha value is -3.35. The summed E-state index contributed by atoms with van der Waals surface area (Å²) in [6.07, 6.45) is 3.36. The Morgan fingerprint density at radius 2 is 1.65 bits per heavy atom. The highest BCUT2D eigenvalue weighted by Crippen LogP contribution is 2.36. The van der Waals surface area contributed by atoms with Gasteiger partial charge in [0.25, 0.3) is 0 Å². The average Bonchev–Trinajstić information content (AvgIpc) is 2.95. The molecular weight excluding hydrogens is 464 g/mol. The van der Waals surface area contributed by atoms with Crippen molar-refractivity contribution in [1.29, 1.82) is 0 Å². The normalized spacial score (nSPS) is 18.2. The van der Waals surface area contributed by atoms with Gasteiger partial charge in [-0.05, 0) is 61.1 Å². The quantitative estimate of drug-likeness (QED) is 0.454. The predicted molar refractivity (Wildman–Crippen MR) is 144 cm³/mol. The van der Waals surface area contributed by atoms with Gasteiger partial charge in [0, 0.05) is 38.9 Å². The molecule has 0 bridgehead atoms. The van der Waals surface area contributed by atoms with Crippen molar-refractivity contribution >= 4 is 5.91 Å². The van der Waals surface area contributed by atoms with E-state index in [1.165, 1.54) is 5.56 Å². The number of benzene rings is 3. The molecule has 0 saturated carbocycles. The Labute approximate surface area is 219 Å². The molecule has 194 valence electrons. The summed E-state index contributed by atoms with van der Waals surface area (Å²) in [5.41, 5.74) is 1.82. The van der Waals surface area contributed by atoms with Crippen LogP contribution in [0.2, 0.25) is 0 Å². The second kappa shape index (κ2) is 11.8. The van der Waals surface area contributed by atoms with Gasteiger partial charge in [0.05, 0.1) is 12.5 Å². The van der Waals surface area contributed by atoms with Crippen molar-refractivity contribution in [2.75, 3.05) is 33.4 Å². The number of nitrogens with zero attached hydrogens (tertiary/aromatic N) is 1. The van der Waals surface area contributed by atoms with Crippen LogP contribution in [0.15, 0.2) is 78.9 Å². The first-order valence-corrected chi connectivity index (χ1v) is 13.2. The maximum absolute atomic E-state index is 13.6. The number of rotatable bonds is 8. The largest absolute Gasteiger partial charge is 0.493 e. The van der Waals surface area contributed by atoms with Crippen molar-refractivity contribution < 1.29 is 19.0 Å². The van der Waals surface area contributed by atoms with E-state index in [1.54, 1.807) is 7.11 Å². The highest BCUT2D eigenvalue weighted by atomic mass is 16.5. The zero-order valence-corrected chi connectivity index (χ0v) is 21.5. The fourth-order valence-electron chi connectivity index (χ4n) is 5.48. The van der Waals surface area contributed by atoms with Crippen LogP contribution in [0.25, 0.3) is 0 Å². The molecule has 0 spiro atoms. The zero-order valence-electron chi connectivity index (χ0n) is 21.5. The lowest BCUT2D eigenvalue weighted by atomic mass is 9.73. The molecule has 2 fully saturated rings. The monoisotopic (exact) mass is 500 g/mol. The van der Waals surface area contributed by atoms with E-state index in [9.17, 15) is 4.79 Å². The van der Waals surface area contributed by atoms with Gasteiger partial charge in [0.15, 0.2) is 11.5 Å². The summed E-state index contributed by atoms with van der Waals surface area (Å²) in [5.74, 6) is 2.37. The number of hydrogen-bond donors (Lipinski definition) is 1. The lowest BCUT2D eigenvalue weighted by Crippen LogP contribution is -2.53. The Morgan fingerprint density at radius 1 is 0.946 bits per heavy atom. The van der Waals surface area contributed by atoms with Gasteiger partial charge >= 0.3 is 0 Å². The number of carbonyl (C=O) groups is 1. The molecule has 3 aromatic carbocycles. The Morgan fingerprint density at radius 3 is 2.38 bits per heavy atom. The number of methoxy groups -OCH3 is 1. The fraction of sp³-hybridized carbons (Fsp3) is 0.387. The summed E-state index contributed by atoms with van der Waals surface area (Å²) in [7, 11) is 1.65. The minimum Gasteiger partial charge on any atom is -0.493 e. The maximum Gasteiger partial charge on any atom is 0.231 e. The summed E-state index contributed by atoms with van der Waals surface area (Å²) < 4.78 is 17.1. The van der Waals surface area contributed by atoms with Crippen LogP contribution in [-0.2, 0) is 21.5 Å². The second-order valence-electron chi connectivity index (χ2n) is 9.98. The van der Waals surface area contributed by atoms with Gasteiger partial charge in [-0.25, -0.2) is 0 Å². The standard InChI is InChI=1S/C31H36N2O4/c1-35-28-12-5-6-13-29(28)37-27-11-7-8-24(22-27)23-33-18-14-26(15-19-33)32-30(34)31(16-20-36-21-17-31)25-9-3-2-4-10-25/h2-13,22,26H,14-21,23H2,1H3,(H,32,34). The van der Waals surface area contributed by atoms with Gasteiger partial charge in [0.2, 0.25) is 5.91 Å². The number of amides is 1. The van der Waals surface area contributed by atoms with Crippen LogP contribution in [0, 0.1) is 0 Å².